The fourth-order valence-corrected chi connectivity index (χ4v) is 3.71. The minimum Gasteiger partial charge on any atom is -0.464 e. The molecule has 0 saturated heterocycles. The number of rotatable bonds is 12. The van der Waals surface area contributed by atoms with E-state index in [1.165, 1.54) is 0 Å². The summed E-state index contributed by atoms with van der Waals surface area (Å²) in [6.07, 6.45) is 10.1. The van der Waals surface area contributed by atoms with Gasteiger partial charge in [0.25, 0.3) is 0 Å². The molecule has 0 aliphatic heterocycles. The second-order valence-electron chi connectivity index (χ2n) is 7.27. The van der Waals surface area contributed by atoms with E-state index in [-0.39, 0.29) is 5.92 Å². The molecule has 0 aromatic rings. The number of carbonyl (C=O) groups excluding carboxylic acids is 2. The molecular weight excluding hydrogens is 328 g/mol. The van der Waals surface area contributed by atoms with Crippen molar-refractivity contribution < 1.29 is 19.4 Å². The number of ketones is 1. The third-order valence-electron chi connectivity index (χ3n) is 5.17. The molecule has 0 spiro atoms. The van der Waals surface area contributed by atoms with E-state index in [0.717, 1.165) is 70.6 Å². The molecule has 1 unspecified atom stereocenters. The first-order valence-electron chi connectivity index (χ1n) is 10.4. The Morgan fingerprint density at radius 1 is 1.15 bits per heavy atom. The summed E-state index contributed by atoms with van der Waals surface area (Å²) in [4.78, 5) is 23.5. The van der Waals surface area contributed by atoms with Gasteiger partial charge in [0.05, 0.1) is 6.61 Å². The molecule has 4 heteroatoms. The lowest BCUT2D eigenvalue weighted by Crippen LogP contribution is -2.22. The topological polar surface area (TPSA) is 63.6 Å². The van der Waals surface area contributed by atoms with Crippen molar-refractivity contribution in [2.45, 2.75) is 97.0 Å². The Hall–Kier alpha value is -1.34. The average Bonchev–Trinajstić information content (AvgIpc) is 2.97. The van der Waals surface area contributed by atoms with Crippen LogP contribution in [-0.4, -0.2) is 29.6 Å². The molecular formula is C22H36O4. The largest absolute Gasteiger partial charge is 0.464 e. The maximum Gasteiger partial charge on any atom is 0.334 e. The summed E-state index contributed by atoms with van der Waals surface area (Å²) in [5, 5.41) is 9.68. The zero-order valence-electron chi connectivity index (χ0n) is 16.6. The molecule has 148 valence electrons. The first-order valence-corrected chi connectivity index (χ1v) is 10.4. The van der Waals surface area contributed by atoms with Crippen LogP contribution in [0.4, 0.5) is 0 Å². The van der Waals surface area contributed by atoms with E-state index in [0.29, 0.717) is 24.7 Å². The molecule has 1 saturated carbocycles. The van der Waals surface area contributed by atoms with Gasteiger partial charge < -0.3 is 9.84 Å². The maximum atomic E-state index is 12.2. The Morgan fingerprint density at radius 2 is 1.92 bits per heavy atom. The average molecular weight is 365 g/mol. The van der Waals surface area contributed by atoms with Gasteiger partial charge in [-0.3, -0.25) is 4.79 Å². The molecule has 4 nitrogen and oxygen atoms in total. The van der Waals surface area contributed by atoms with E-state index < -0.39 is 12.1 Å². The van der Waals surface area contributed by atoms with Gasteiger partial charge in [-0.2, -0.15) is 0 Å². The fourth-order valence-electron chi connectivity index (χ4n) is 3.71. The fraction of sp³-hybridized carbons (Fsp3) is 0.818. The third kappa shape index (κ3) is 8.85. The highest BCUT2D eigenvalue weighted by Gasteiger charge is 2.33. The van der Waals surface area contributed by atoms with Crippen molar-refractivity contribution in [1.29, 1.82) is 0 Å². The standard InChI is InChI=1S/C22H36O4/c1-3-5-6-7-8-10-13-18-16-17-20(23)19(18)14-11-9-12-15-21(24)22(25)26-4-2/h18-19,21,24H,3-5,8-17H2,1-2H3/t18-,19+,21?/m0/s1. The summed E-state index contributed by atoms with van der Waals surface area (Å²) in [6.45, 7) is 4.17. The van der Waals surface area contributed by atoms with Crippen molar-refractivity contribution in [3.63, 3.8) is 0 Å². The molecule has 0 aromatic heterocycles. The van der Waals surface area contributed by atoms with Gasteiger partial charge in [-0.05, 0) is 51.4 Å². The van der Waals surface area contributed by atoms with Gasteiger partial charge in [0.2, 0.25) is 0 Å². The highest BCUT2D eigenvalue weighted by atomic mass is 16.5. The van der Waals surface area contributed by atoms with Crippen LogP contribution in [0.15, 0.2) is 0 Å². The summed E-state index contributed by atoms with van der Waals surface area (Å²) in [5.74, 6) is 7.06. The number of hydrogen-bond donors (Lipinski definition) is 1. The monoisotopic (exact) mass is 364 g/mol. The SMILES string of the molecule is CCCC#CCCC[C@H]1CCC(=O)[C@@H]1CCCCCC(O)C(=O)OCC. The first-order chi connectivity index (χ1) is 12.6. The van der Waals surface area contributed by atoms with Crippen LogP contribution in [0.3, 0.4) is 0 Å². The summed E-state index contributed by atoms with van der Waals surface area (Å²) in [7, 11) is 0. The van der Waals surface area contributed by atoms with E-state index >= 15 is 0 Å². The Bertz CT molecular complexity index is 474. The van der Waals surface area contributed by atoms with Crippen LogP contribution < -0.4 is 0 Å². The number of hydrogen-bond acceptors (Lipinski definition) is 4. The Balaban J connectivity index is 2.20. The van der Waals surface area contributed by atoms with Crippen LogP contribution in [0.2, 0.25) is 0 Å². The van der Waals surface area contributed by atoms with Crippen LogP contribution >= 0.6 is 0 Å². The summed E-state index contributed by atoms with van der Waals surface area (Å²) < 4.78 is 4.80. The number of Topliss-reactive ketones (excluding diaryl/α,β-unsaturated/α-hetero) is 1. The van der Waals surface area contributed by atoms with Crippen molar-refractivity contribution in [2.75, 3.05) is 6.61 Å². The summed E-state index contributed by atoms with van der Waals surface area (Å²) in [5.41, 5.74) is 0. The van der Waals surface area contributed by atoms with E-state index in [1.807, 2.05) is 0 Å². The van der Waals surface area contributed by atoms with E-state index in [4.69, 9.17) is 4.74 Å². The van der Waals surface area contributed by atoms with Gasteiger partial charge in [-0.15, -0.1) is 11.8 Å². The van der Waals surface area contributed by atoms with Crippen molar-refractivity contribution in [3.8, 4) is 11.8 Å². The van der Waals surface area contributed by atoms with Crippen molar-refractivity contribution in [3.05, 3.63) is 0 Å². The molecule has 1 fully saturated rings. The number of aliphatic hydroxyl groups excluding tert-OH is 1. The van der Waals surface area contributed by atoms with Gasteiger partial charge in [0, 0.05) is 25.2 Å². The van der Waals surface area contributed by atoms with Gasteiger partial charge in [-0.25, -0.2) is 4.79 Å². The van der Waals surface area contributed by atoms with Crippen LogP contribution in [0.25, 0.3) is 0 Å². The Labute approximate surface area is 159 Å². The predicted octanol–water partition coefficient (Wildman–Crippen LogP) is 4.43. The highest BCUT2D eigenvalue weighted by molar-refractivity contribution is 5.83. The minimum atomic E-state index is -1.01. The third-order valence-corrected chi connectivity index (χ3v) is 5.17. The van der Waals surface area contributed by atoms with Crippen LogP contribution in [0, 0.1) is 23.7 Å². The molecule has 0 bridgehead atoms. The predicted molar refractivity (Wildman–Crippen MR) is 103 cm³/mol. The van der Waals surface area contributed by atoms with E-state index in [2.05, 4.69) is 18.8 Å². The molecule has 0 aromatic carbocycles. The van der Waals surface area contributed by atoms with E-state index in [1.54, 1.807) is 6.92 Å². The van der Waals surface area contributed by atoms with Crippen LogP contribution in [0.1, 0.15) is 90.9 Å². The zero-order valence-corrected chi connectivity index (χ0v) is 16.6. The molecule has 1 rings (SSSR count). The number of unbranched alkanes of at least 4 members (excludes halogenated alkanes) is 4. The van der Waals surface area contributed by atoms with Gasteiger partial charge in [0.1, 0.15) is 5.78 Å². The molecule has 0 radical (unpaired) electrons. The number of carbonyl (C=O) groups is 2. The van der Waals surface area contributed by atoms with Crippen molar-refractivity contribution in [2.24, 2.45) is 11.8 Å². The molecule has 1 aliphatic carbocycles. The molecule has 0 heterocycles. The Kier molecular flexibility index (Phi) is 12.1. The summed E-state index contributed by atoms with van der Waals surface area (Å²) >= 11 is 0. The molecule has 26 heavy (non-hydrogen) atoms. The number of ether oxygens (including phenoxy) is 1. The second kappa shape index (κ2) is 13.8. The smallest absolute Gasteiger partial charge is 0.334 e. The Morgan fingerprint density at radius 3 is 2.65 bits per heavy atom. The quantitative estimate of drug-likeness (QED) is 0.316. The zero-order chi connectivity index (χ0) is 19.2. The highest BCUT2D eigenvalue weighted by Crippen LogP contribution is 2.36. The van der Waals surface area contributed by atoms with Gasteiger partial charge in [-0.1, -0.05) is 26.2 Å². The van der Waals surface area contributed by atoms with Crippen LogP contribution in [-0.2, 0) is 14.3 Å². The molecule has 1 N–H and O–H groups in total. The molecule has 0 amide bonds. The maximum absolute atomic E-state index is 12.2. The lowest BCUT2D eigenvalue weighted by Gasteiger charge is -2.18. The number of aliphatic hydroxyl groups is 1. The molecule has 1 aliphatic rings. The second-order valence-corrected chi connectivity index (χ2v) is 7.27. The molecule has 3 atom stereocenters. The lowest BCUT2D eigenvalue weighted by atomic mass is 9.86. The van der Waals surface area contributed by atoms with E-state index in [9.17, 15) is 14.7 Å². The van der Waals surface area contributed by atoms with Crippen molar-refractivity contribution >= 4 is 11.8 Å². The lowest BCUT2D eigenvalue weighted by molar-refractivity contribution is -0.153. The summed E-state index contributed by atoms with van der Waals surface area (Å²) in [6, 6.07) is 0. The van der Waals surface area contributed by atoms with Gasteiger partial charge in [0.15, 0.2) is 6.10 Å². The first kappa shape index (κ1) is 22.7. The van der Waals surface area contributed by atoms with Crippen LogP contribution in [0.5, 0.6) is 0 Å². The normalized spacial score (nSPS) is 20.5. The number of esters is 1. The van der Waals surface area contributed by atoms with Gasteiger partial charge >= 0.3 is 5.97 Å². The van der Waals surface area contributed by atoms with Crippen molar-refractivity contribution in [1.82, 2.24) is 0 Å². The minimum absolute atomic E-state index is 0.216.